The first kappa shape index (κ1) is 18.0. The van der Waals surface area contributed by atoms with Gasteiger partial charge in [0.25, 0.3) is 10.0 Å². The summed E-state index contributed by atoms with van der Waals surface area (Å²) < 4.78 is 27.4. The van der Waals surface area contributed by atoms with Crippen LogP contribution in [0.3, 0.4) is 0 Å². The third-order valence-corrected chi connectivity index (χ3v) is 4.87. The Morgan fingerprint density at radius 1 is 1.12 bits per heavy atom. The third-order valence-electron chi connectivity index (χ3n) is 3.47. The lowest BCUT2D eigenvalue weighted by Gasteiger charge is -2.19. The Morgan fingerprint density at radius 3 is 2.29 bits per heavy atom. The zero-order valence-corrected chi connectivity index (χ0v) is 15.0. The van der Waals surface area contributed by atoms with E-state index in [9.17, 15) is 8.42 Å². The number of nitrogens with one attached hydrogen (secondary N) is 2. The minimum Gasteiger partial charge on any atom is -0.367 e. The van der Waals surface area contributed by atoms with Crippen molar-refractivity contribution in [2.75, 3.05) is 16.6 Å². The first-order chi connectivity index (χ1) is 11.2. The number of rotatable bonds is 6. The average Bonchev–Trinajstić information content (AvgIpc) is 2.53. The van der Waals surface area contributed by atoms with Gasteiger partial charge in [0.2, 0.25) is 0 Å². The minimum atomic E-state index is -3.63. The molecule has 0 amide bonds. The summed E-state index contributed by atoms with van der Waals surface area (Å²) in [7, 11) is -3.63. The predicted octanol–water partition coefficient (Wildman–Crippen LogP) is 3.78. The molecule has 1 aromatic heterocycles. The molecule has 0 saturated heterocycles. The fourth-order valence-electron chi connectivity index (χ4n) is 2.08. The third kappa shape index (κ3) is 4.58. The van der Waals surface area contributed by atoms with Gasteiger partial charge in [-0.3, -0.25) is 4.72 Å². The Morgan fingerprint density at radius 2 is 1.79 bits per heavy atom. The first-order valence-electron chi connectivity index (χ1n) is 7.66. The largest absolute Gasteiger partial charge is 0.367 e. The molecule has 0 unspecified atom stereocenters. The maximum Gasteiger partial charge on any atom is 0.261 e. The van der Waals surface area contributed by atoms with Crippen LogP contribution in [0.1, 0.15) is 26.3 Å². The van der Waals surface area contributed by atoms with E-state index in [-0.39, 0.29) is 10.3 Å². The van der Waals surface area contributed by atoms with Crippen molar-refractivity contribution in [3.63, 3.8) is 0 Å². The number of nitrogens with zero attached hydrogens (tertiary/aromatic N) is 1. The molecule has 0 aliphatic rings. The number of hydrogen-bond acceptors (Lipinski definition) is 4. The van der Waals surface area contributed by atoms with Crippen molar-refractivity contribution in [1.82, 2.24) is 4.98 Å². The van der Waals surface area contributed by atoms with Gasteiger partial charge in [-0.25, -0.2) is 13.4 Å². The highest BCUT2D eigenvalue weighted by Gasteiger charge is 2.17. The van der Waals surface area contributed by atoms with Crippen LogP contribution in [0.2, 0.25) is 0 Å². The van der Waals surface area contributed by atoms with Crippen LogP contribution in [0.25, 0.3) is 0 Å². The van der Waals surface area contributed by atoms with E-state index in [1.54, 1.807) is 30.3 Å². The topological polar surface area (TPSA) is 71.1 Å². The zero-order chi connectivity index (χ0) is 17.8. The van der Waals surface area contributed by atoms with Crippen molar-refractivity contribution in [3.8, 4) is 0 Å². The van der Waals surface area contributed by atoms with Gasteiger partial charge in [0.1, 0.15) is 5.82 Å². The van der Waals surface area contributed by atoms with E-state index in [1.165, 1.54) is 6.20 Å². The van der Waals surface area contributed by atoms with Gasteiger partial charge in [0.05, 0.1) is 16.8 Å². The molecule has 1 heterocycles. The van der Waals surface area contributed by atoms with Gasteiger partial charge < -0.3 is 5.32 Å². The molecule has 0 aliphatic heterocycles. The first-order valence-corrected chi connectivity index (χ1v) is 9.15. The normalized spacial score (nSPS) is 11.8. The Bertz CT molecular complexity index is 790. The number of sulfonamides is 1. The molecule has 2 aromatic rings. The second kappa shape index (κ2) is 7.05. The molecule has 0 fully saturated rings. The van der Waals surface area contributed by atoms with Gasteiger partial charge in [-0.2, -0.15) is 0 Å². The molecular weight excluding hydrogens is 322 g/mol. The van der Waals surface area contributed by atoms with E-state index in [0.29, 0.717) is 18.1 Å². The van der Waals surface area contributed by atoms with Gasteiger partial charge in [-0.05, 0) is 35.2 Å². The summed E-state index contributed by atoms with van der Waals surface area (Å²) in [4.78, 5) is 4.38. The number of pyridine rings is 1. The van der Waals surface area contributed by atoms with Crippen molar-refractivity contribution < 1.29 is 8.42 Å². The highest BCUT2D eigenvalue weighted by Crippen LogP contribution is 2.24. The molecule has 6 heteroatoms. The van der Waals surface area contributed by atoms with Crippen LogP contribution in [0.4, 0.5) is 11.5 Å². The molecule has 0 aliphatic carbocycles. The summed E-state index contributed by atoms with van der Waals surface area (Å²) in [5.41, 5.74) is 1.48. The highest BCUT2D eigenvalue weighted by molar-refractivity contribution is 7.92. The molecule has 5 nitrogen and oxygen atoms in total. The van der Waals surface area contributed by atoms with Crippen LogP contribution in [0.5, 0.6) is 0 Å². The lowest BCUT2D eigenvalue weighted by molar-refractivity contribution is 0.587. The minimum absolute atomic E-state index is 0.0199. The van der Waals surface area contributed by atoms with Crippen molar-refractivity contribution >= 4 is 21.5 Å². The van der Waals surface area contributed by atoms with E-state index >= 15 is 0 Å². The molecule has 2 rings (SSSR count). The number of aromatic nitrogens is 1. The van der Waals surface area contributed by atoms with Crippen LogP contribution in [0, 0.1) is 0 Å². The molecule has 0 atom stereocenters. The molecular formula is C18H23N3O2S. The number of benzene rings is 1. The van der Waals surface area contributed by atoms with E-state index < -0.39 is 10.0 Å². The maximum absolute atomic E-state index is 12.5. The second-order valence-electron chi connectivity index (χ2n) is 6.48. The molecule has 2 N–H and O–H groups in total. The number of anilines is 2. The second-order valence-corrected chi connectivity index (χ2v) is 8.16. The van der Waals surface area contributed by atoms with Gasteiger partial charge in [0.15, 0.2) is 0 Å². The predicted molar refractivity (Wildman–Crippen MR) is 98.9 cm³/mol. The Hall–Kier alpha value is -2.34. The molecule has 128 valence electrons. The molecule has 0 spiro atoms. The Kier molecular flexibility index (Phi) is 5.29. The Labute approximate surface area is 143 Å². The monoisotopic (exact) mass is 345 g/mol. The van der Waals surface area contributed by atoms with Gasteiger partial charge in [-0.1, -0.05) is 39.0 Å². The molecule has 0 bridgehead atoms. The van der Waals surface area contributed by atoms with Crippen molar-refractivity contribution in [2.45, 2.75) is 31.1 Å². The fourth-order valence-corrected chi connectivity index (χ4v) is 3.13. The fraction of sp³-hybridized carbons (Fsp3) is 0.278. The van der Waals surface area contributed by atoms with Gasteiger partial charge >= 0.3 is 0 Å². The quantitative estimate of drug-likeness (QED) is 0.782. The van der Waals surface area contributed by atoms with E-state index in [1.807, 2.05) is 12.1 Å². The van der Waals surface area contributed by atoms with Crippen molar-refractivity contribution in [3.05, 3.63) is 60.8 Å². The molecule has 0 saturated carbocycles. The summed E-state index contributed by atoms with van der Waals surface area (Å²) >= 11 is 0. The standard InChI is InChI=1S/C18H23N3O2S/c1-5-12-19-17-11-8-15(13-20-17)21-24(22,23)16-9-6-14(7-10-16)18(2,3)4/h5-11,13,21H,1,12H2,2-4H3,(H,19,20). The van der Waals surface area contributed by atoms with Crippen LogP contribution in [-0.2, 0) is 15.4 Å². The van der Waals surface area contributed by atoms with Crippen LogP contribution >= 0.6 is 0 Å². The van der Waals surface area contributed by atoms with E-state index in [4.69, 9.17) is 0 Å². The SMILES string of the molecule is C=CCNc1ccc(NS(=O)(=O)c2ccc(C(C)(C)C)cc2)cn1. The van der Waals surface area contributed by atoms with Gasteiger partial charge in [-0.15, -0.1) is 6.58 Å². The molecule has 24 heavy (non-hydrogen) atoms. The van der Waals surface area contributed by atoms with Crippen molar-refractivity contribution in [2.24, 2.45) is 0 Å². The number of hydrogen-bond donors (Lipinski definition) is 2. The zero-order valence-electron chi connectivity index (χ0n) is 14.2. The summed E-state index contributed by atoms with van der Waals surface area (Å²) in [6.45, 7) is 10.5. The smallest absolute Gasteiger partial charge is 0.261 e. The summed E-state index contributed by atoms with van der Waals surface area (Å²) in [5.74, 6) is 0.660. The van der Waals surface area contributed by atoms with Crippen molar-refractivity contribution in [1.29, 1.82) is 0 Å². The lowest BCUT2D eigenvalue weighted by Crippen LogP contribution is -2.15. The molecule has 0 radical (unpaired) electrons. The summed E-state index contributed by atoms with van der Waals surface area (Å²) in [6.07, 6.45) is 3.20. The lowest BCUT2D eigenvalue weighted by atomic mass is 9.87. The van der Waals surface area contributed by atoms with Crippen LogP contribution in [-0.4, -0.2) is 19.9 Å². The van der Waals surface area contributed by atoms with Crippen LogP contribution < -0.4 is 10.0 Å². The van der Waals surface area contributed by atoms with Gasteiger partial charge in [0, 0.05) is 6.54 Å². The van der Waals surface area contributed by atoms with Crippen LogP contribution in [0.15, 0.2) is 60.1 Å². The maximum atomic E-state index is 12.5. The van der Waals surface area contributed by atoms with E-state index in [2.05, 4.69) is 42.4 Å². The van der Waals surface area contributed by atoms with E-state index in [0.717, 1.165) is 5.56 Å². The summed E-state index contributed by atoms with van der Waals surface area (Å²) in [5, 5.41) is 3.03. The molecule has 1 aromatic carbocycles. The highest BCUT2D eigenvalue weighted by atomic mass is 32.2. The Balaban J connectivity index is 2.14. The average molecular weight is 345 g/mol. The summed E-state index contributed by atoms with van der Waals surface area (Å²) in [6, 6.07) is 10.3.